The van der Waals surface area contributed by atoms with Gasteiger partial charge < -0.3 is 4.42 Å². The molecule has 206 valence electrons. The van der Waals surface area contributed by atoms with Crippen molar-refractivity contribution in [3.63, 3.8) is 0 Å². The van der Waals surface area contributed by atoms with Gasteiger partial charge in [0.15, 0.2) is 11.8 Å². The van der Waals surface area contributed by atoms with E-state index in [1.165, 1.54) is 55.6 Å². The Kier molecular flexibility index (Phi) is 5.00. The van der Waals surface area contributed by atoms with Crippen LogP contribution in [0, 0.1) is 20.8 Å². The predicted molar refractivity (Wildman–Crippen MR) is 173 cm³/mol. The molecule has 7 aromatic rings. The number of rotatable bonds is 2. The molecular formula is C40H31N2O+. The predicted octanol–water partition coefficient (Wildman–Crippen LogP) is 9.05. The Morgan fingerprint density at radius 1 is 0.628 bits per heavy atom. The van der Waals surface area contributed by atoms with Gasteiger partial charge in [-0.2, -0.15) is 0 Å². The van der Waals surface area contributed by atoms with E-state index in [0.29, 0.717) is 5.71 Å². The molecule has 3 aliphatic rings. The van der Waals surface area contributed by atoms with Crippen LogP contribution in [0.4, 0.5) is 0 Å². The minimum atomic E-state index is 0.258. The molecule has 3 heterocycles. The first kappa shape index (κ1) is 24.6. The smallest absolute Gasteiger partial charge is 0.227 e. The molecule has 4 aromatic carbocycles. The molecule has 0 fully saturated rings. The van der Waals surface area contributed by atoms with Crippen molar-refractivity contribution in [2.24, 2.45) is 7.05 Å². The van der Waals surface area contributed by atoms with Crippen LogP contribution in [-0.2, 0) is 7.05 Å². The molecule has 0 amide bonds. The first-order valence-electron chi connectivity index (χ1n) is 15.1. The lowest BCUT2D eigenvalue weighted by Gasteiger charge is -2.42. The maximum atomic E-state index is 6.46. The number of fused-ring (bicyclic) bond motifs is 3. The van der Waals surface area contributed by atoms with E-state index in [1.807, 2.05) is 6.92 Å². The van der Waals surface area contributed by atoms with Gasteiger partial charge in [0.25, 0.3) is 0 Å². The molecule has 10 rings (SSSR count). The fraction of sp³-hybridized carbons (Fsp3) is 0.150. The van der Waals surface area contributed by atoms with E-state index in [4.69, 9.17) is 4.42 Å². The summed E-state index contributed by atoms with van der Waals surface area (Å²) < 4.78 is 8.66. The highest BCUT2D eigenvalue weighted by molar-refractivity contribution is 6.08. The van der Waals surface area contributed by atoms with E-state index in [1.54, 1.807) is 0 Å². The van der Waals surface area contributed by atoms with Gasteiger partial charge in [-0.1, -0.05) is 72.3 Å². The van der Waals surface area contributed by atoms with Crippen molar-refractivity contribution in [2.45, 2.75) is 32.6 Å². The second kappa shape index (κ2) is 8.75. The third-order valence-corrected chi connectivity index (χ3v) is 9.78. The van der Waals surface area contributed by atoms with Crippen LogP contribution in [0.25, 0.3) is 44.5 Å². The molecule has 0 spiro atoms. The van der Waals surface area contributed by atoms with Crippen LogP contribution in [0.2, 0.25) is 0 Å². The Hall–Kier alpha value is -5.02. The molecule has 0 radical (unpaired) electrons. The summed E-state index contributed by atoms with van der Waals surface area (Å²) >= 11 is 0. The number of benzene rings is 4. The lowest BCUT2D eigenvalue weighted by molar-refractivity contribution is -0.660. The lowest BCUT2D eigenvalue weighted by Crippen LogP contribution is -2.30. The molecule has 3 heteroatoms. The summed E-state index contributed by atoms with van der Waals surface area (Å²) in [5.74, 6) is 0.545. The number of furan rings is 1. The highest BCUT2D eigenvalue weighted by Crippen LogP contribution is 2.56. The molecule has 2 bridgehead atoms. The number of hydrogen-bond donors (Lipinski definition) is 0. The molecule has 0 saturated carbocycles. The van der Waals surface area contributed by atoms with E-state index in [0.717, 1.165) is 33.3 Å². The second-order valence-electron chi connectivity index (χ2n) is 12.4. The molecule has 43 heavy (non-hydrogen) atoms. The summed E-state index contributed by atoms with van der Waals surface area (Å²) in [6, 6.07) is 36.3. The molecular weight excluding hydrogens is 524 g/mol. The average molecular weight is 556 g/mol. The fourth-order valence-electron chi connectivity index (χ4n) is 7.74. The minimum Gasteiger partial charge on any atom is -0.437 e. The second-order valence-corrected chi connectivity index (χ2v) is 12.4. The third-order valence-electron chi connectivity index (χ3n) is 9.78. The summed E-state index contributed by atoms with van der Waals surface area (Å²) in [6.07, 6.45) is 2.17. The van der Waals surface area contributed by atoms with Crippen molar-refractivity contribution in [3.05, 3.63) is 153 Å². The van der Waals surface area contributed by atoms with Crippen LogP contribution >= 0.6 is 0 Å². The zero-order chi connectivity index (χ0) is 29.0. The third kappa shape index (κ3) is 3.42. The summed E-state index contributed by atoms with van der Waals surface area (Å²) in [7, 11) is 2.12. The maximum absolute atomic E-state index is 6.46. The van der Waals surface area contributed by atoms with Crippen LogP contribution in [0.15, 0.2) is 108 Å². The van der Waals surface area contributed by atoms with Crippen molar-refractivity contribution >= 4 is 22.1 Å². The highest BCUT2D eigenvalue weighted by Gasteiger charge is 2.41. The Balaban J connectivity index is 1.22. The number of aryl methyl sites for hydroxylation is 4. The van der Waals surface area contributed by atoms with Gasteiger partial charge >= 0.3 is 0 Å². The average Bonchev–Trinajstić information content (AvgIpc) is 3.38. The minimum absolute atomic E-state index is 0.258. The number of hydrogen-bond acceptors (Lipinski definition) is 2. The highest BCUT2D eigenvalue weighted by atomic mass is 16.3. The summed E-state index contributed by atoms with van der Waals surface area (Å²) in [6.45, 7) is 6.38. The Morgan fingerprint density at radius 3 is 2.09 bits per heavy atom. The van der Waals surface area contributed by atoms with E-state index >= 15 is 0 Å². The maximum Gasteiger partial charge on any atom is 0.227 e. The SMILES string of the molecule is Cc1ccc2c(c1)C1c3ccccc3C2c2cc(-c3cc[n+](C)c(-c4c(C)ccc5c4oc4nc(C)ccc45)c3)ccc21. The van der Waals surface area contributed by atoms with Gasteiger partial charge in [-0.05, 0) is 89.0 Å². The van der Waals surface area contributed by atoms with Crippen molar-refractivity contribution in [3.8, 4) is 22.4 Å². The van der Waals surface area contributed by atoms with Gasteiger partial charge in [0.2, 0.25) is 11.4 Å². The van der Waals surface area contributed by atoms with Crippen LogP contribution in [0.5, 0.6) is 0 Å². The largest absolute Gasteiger partial charge is 0.437 e. The van der Waals surface area contributed by atoms with Gasteiger partial charge in [-0.3, -0.25) is 0 Å². The van der Waals surface area contributed by atoms with E-state index in [9.17, 15) is 0 Å². The van der Waals surface area contributed by atoms with Gasteiger partial charge in [0.05, 0.1) is 5.56 Å². The molecule has 0 N–H and O–H groups in total. The van der Waals surface area contributed by atoms with Crippen LogP contribution in [0.1, 0.15) is 62.0 Å². The van der Waals surface area contributed by atoms with Crippen LogP contribution in [-0.4, -0.2) is 4.98 Å². The van der Waals surface area contributed by atoms with Crippen LogP contribution in [0.3, 0.4) is 0 Å². The Labute approximate surface area is 251 Å². The molecule has 0 saturated heterocycles. The van der Waals surface area contributed by atoms with Gasteiger partial charge in [-0.15, -0.1) is 0 Å². The summed E-state index contributed by atoms with van der Waals surface area (Å²) in [5, 5.41) is 2.16. The van der Waals surface area contributed by atoms with E-state index in [2.05, 4.69) is 134 Å². The van der Waals surface area contributed by atoms with Crippen molar-refractivity contribution in [2.75, 3.05) is 0 Å². The molecule has 2 unspecified atom stereocenters. The standard InChI is InChI=1S/C40H31N2O/c1-22-9-13-29-33(19-22)37-27-7-5-6-8-28(27)38(29)34-20-25(12-16-30(34)37)26-17-18-42(4)35(21-26)36-23(2)10-14-31-32-15-11-24(3)41-40(32)43-39(31)36/h5-21,37-38H,1-4H3/q+1. The van der Waals surface area contributed by atoms with Gasteiger partial charge in [0, 0.05) is 40.4 Å². The van der Waals surface area contributed by atoms with Gasteiger partial charge in [-0.25, -0.2) is 9.55 Å². The fourth-order valence-corrected chi connectivity index (χ4v) is 7.74. The molecule has 0 aliphatic heterocycles. The zero-order valence-corrected chi connectivity index (χ0v) is 24.8. The molecule has 3 aromatic heterocycles. The van der Waals surface area contributed by atoms with Crippen molar-refractivity contribution < 1.29 is 8.98 Å². The molecule has 2 atom stereocenters. The zero-order valence-electron chi connectivity index (χ0n) is 24.8. The molecule has 3 aliphatic carbocycles. The number of nitrogens with zero attached hydrogens (tertiary/aromatic N) is 2. The monoisotopic (exact) mass is 555 g/mol. The van der Waals surface area contributed by atoms with Crippen LogP contribution < -0.4 is 4.57 Å². The van der Waals surface area contributed by atoms with E-state index in [-0.39, 0.29) is 11.8 Å². The molecule has 3 nitrogen and oxygen atoms in total. The number of aromatic nitrogens is 2. The summed E-state index contributed by atoms with van der Waals surface area (Å²) in [5.41, 5.74) is 18.5. The number of pyridine rings is 2. The lowest BCUT2D eigenvalue weighted by atomic mass is 9.60. The van der Waals surface area contributed by atoms with Gasteiger partial charge in [0.1, 0.15) is 7.05 Å². The topological polar surface area (TPSA) is 29.9 Å². The first-order chi connectivity index (χ1) is 21.0. The van der Waals surface area contributed by atoms with E-state index < -0.39 is 0 Å². The normalized spacial score (nSPS) is 16.4. The van der Waals surface area contributed by atoms with Crippen molar-refractivity contribution in [1.82, 2.24) is 4.98 Å². The Bertz CT molecular complexity index is 2310. The van der Waals surface area contributed by atoms with Crippen molar-refractivity contribution in [1.29, 1.82) is 0 Å². The Morgan fingerprint density at radius 2 is 1.30 bits per heavy atom. The summed E-state index contributed by atoms with van der Waals surface area (Å²) in [4.78, 5) is 4.69. The quantitative estimate of drug-likeness (QED) is 0.199. The first-order valence-corrected chi connectivity index (χ1v) is 15.1.